The molecule has 2 aromatic rings. The molecular formula is C20H20ClN3O4S. The molecule has 1 aliphatic rings. The average molecular weight is 434 g/mol. The van der Waals surface area contributed by atoms with Crippen LogP contribution < -0.4 is 0 Å². The minimum absolute atomic E-state index is 0.0900. The van der Waals surface area contributed by atoms with Gasteiger partial charge in [-0.2, -0.15) is 9.57 Å². The lowest BCUT2D eigenvalue weighted by Crippen LogP contribution is -2.51. The highest BCUT2D eigenvalue weighted by atomic mass is 35.5. The van der Waals surface area contributed by atoms with Gasteiger partial charge in [0.05, 0.1) is 23.6 Å². The van der Waals surface area contributed by atoms with E-state index in [9.17, 15) is 13.2 Å². The van der Waals surface area contributed by atoms with Gasteiger partial charge in [0.25, 0.3) is 0 Å². The summed E-state index contributed by atoms with van der Waals surface area (Å²) in [6.45, 7) is 1.17. The second-order valence-corrected chi connectivity index (χ2v) is 8.93. The molecule has 0 N–H and O–H groups in total. The number of carbonyl (C=O) groups is 1. The van der Waals surface area contributed by atoms with E-state index in [1.807, 2.05) is 11.0 Å². The van der Waals surface area contributed by atoms with E-state index in [0.29, 0.717) is 23.7 Å². The number of esters is 1. The van der Waals surface area contributed by atoms with Gasteiger partial charge >= 0.3 is 5.97 Å². The fraction of sp³-hybridized carbons (Fsp3) is 0.300. The van der Waals surface area contributed by atoms with Crippen LogP contribution in [0.15, 0.2) is 53.4 Å². The van der Waals surface area contributed by atoms with Gasteiger partial charge in [-0.15, -0.1) is 0 Å². The summed E-state index contributed by atoms with van der Waals surface area (Å²) in [6, 6.07) is 14.2. The molecule has 0 bridgehead atoms. The lowest BCUT2D eigenvalue weighted by Gasteiger charge is -2.37. The van der Waals surface area contributed by atoms with Crippen LogP contribution in [0.3, 0.4) is 0 Å². The second kappa shape index (κ2) is 8.93. The Morgan fingerprint density at radius 2 is 1.79 bits per heavy atom. The topological polar surface area (TPSA) is 90.7 Å². The maximum absolute atomic E-state index is 12.9. The number of nitriles is 1. The fourth-order valence-electron chi connectivity index (χ4n) is 3.33. The molecule has 7 nitrogen and oxygen atoms in total. The van der Waals surface area contributed by atoms with Crippen molar-refractivity contribution in [2.24, 2.45) is 0 Å². The number of rotatable bonds is 5. The molecule has 1 aliphatic heterocycles. The molecular weight excluding hydrogens is 414 g/mol. The number of sulfonamides is 1. The maximum atomic E-state index is 12.9. The number of halogens is 1. The Labute approximate surface area is 175 Å². The van der Waals surface area contributed by atoms with Crippen molar-refractivity contribution in [1.29, 1.82) is 5.26 Å². The average Bonchev–Trinajstić information content (AvgIpc) is 2.75. The van der Waals surface area contributed by atoms with Crippen molar-refractivity contribution < 1.29 is 17.9 Å². The number of benzene rings is 2. The Bertz CT molecular complexity index is 1030. The quantitative estimate of drug-likeness (QED) is 0.672. The van der Waals surface area contributed by atoms with E-state index in [1.165, 1.54) is 23.5 Å². The lowest BCUT2D eigenvalue weighted by molar-refractivity contribution is -0.147. The molecule has 1 saturated heterocycles. The summed E-state index contributed by atoms with van der Waals surface area (Å²) >= 11 is 5.94. The van der Waals surface area contributed by atoms with Crippen molar-refractivity contribution in [3.63, 3.8) is 0 Å². The van der Waals surface area contributed by atoms with Crippen LogP contribution in [0.2, 0.25) is 5.02 Å². The number of ether oxygens (including phenoxy) is 1. The van der Waals surface area contributed by atoms with Crippen LogP contribution >= 0.6 is 11.6 Å². The molecule has 0 aliphatic carbocycles. The lowest BCUT2D eigenvalue weighted by atomic mass is 10.0. The maximum Gasteiger partial charge on any atom is 0.327 e. The van der Waals surface area contributed by atoms with Gasteiger partial charge in [0.2, 0.25) is 10.0 Å². The van der Waals surface area contributed by atoms with Gasteiger partial charge in [-0.1, -0.05) is 29.8 Å². The Balaban J connectivity index is 1.78. The van der Waals surface area contributed by atoms with E-state index in [4.69, 9.17) is 21.6 Å². The highest BCUT2D eigenvalue weighted by molar-refractivity contribution is 7.89. The summed E-state index contributed by atoms with van der Waals surface area (Å²) in [7, 11) is -2.39. The van der Waals surface area contributed by atoms with Crippen LogP contribution in [0.1, 0.15) is 17.2 Å². The number of hydrogen-bond donors (Lipinski definition) is 0. The number of hydrogen-bond acceptors (Lipinski definition) is 6. The highest BCUT2D eigenvalue weighted by Crippen LogP contribution is 2.27. The van der Waals surface area contributed by atoms with E-state index in [0.717, 1.165) is 5.56 Å². The SMILES string of the molecule is COC(=O)C(c1ccc(Cl)cc1)N1CCN(S(=O)(=O)c2cccc(C#N)c2)CC1. The summed E-state index contributed by atoms with van der Waals surface area (Å²) in [5.41, 5.74) is 1.03. The van der Waals surface area contributed by atoms with Gasteiger partial charge in [0, 0.05) is 31.2 Å². The van der Waals surface area contributed by atoms with E-state index in [2.05, 4.69) is 0 Å². The Morgan fingerprint density at radius 3 is 2.38 bits per heavy atom. The third-order valence-electron chi connectivity index (χ3n) is 4.85. The van der Waals surface area contributed by atoms with Crippen molar-refractivity contribution in [3.8, 4) is 6.07 Å². The molecule has 1 heterocycles. The standard InChI is InChI=1S/C20H20ClN3O4S/c1-28-20(25)19(16-5-7-17(21)8-6-16)23-9-11-24(12-10-23)29(26,27)18-4-2-3-15(13-18)14-22/h2-8,13,19H,9-12H2,1H3. The first-order chi connectivity index (χ1) is 13.9. The normalized spacial score (nSPS) is 16.7. The third-order valence-corrected chi connectivity index (χ3v) is 7.00. The van der Waals surface area contributed by atoms with E-state index in [1.54, 1.807) is 36.4 Å². The molecule has 2 aromatic carbocycles. The summed E-state index contributed by atoms with van der Waals surface area (Å²) in [5.74, 6) is -0.412. The van der Waals surface area contributed by atoms with E-state index in [-0.39, 0.29) is 18.0 Å². The van der Waals surface area contributed by atoms with Gasteiger partial charge in [-0.25, -0.2) is 13.2 Å². The summed E-state index contributed by atoms with van der Waals surface area (Å²) in [4.78, 5) is 14.4. The zero-order valence-corrected chi connectivity index (χ0v) is 17.4. The molecule has 3 rings (SSSR count). The van der Waals surface area contributed by atoms with Crippen molar-refractivity contribution in [2.45, 2.75) is 10.9 Å². The van der Waals surface area contributed by atoms with Gasteiger partial charge < -0.3 is 4.74 Å². The minimum Gasteiger partial charge on any atom is -0.468 e. The number of carbonyl (C=O) groups excluding carboxylic acids is 1. The highest BCUT2D eigenvalue weighted by Gasteiger charge is 2.35. The van der Waals surface area contributed by atoms with E-state index >= 15 is 0 Å². The molecule has 152 valence electrons. The molecule has 9 heteroatoms. The fourth-order valence-corrected chi connectivity index (χ4v) is 4.92. The molecule has 29 heavy (non-hydrogen) atoms. The second-order valence-electron chi connectivity index (χ2n) is 6.56. The monoisotopic (exact) mass is 433 g/mol. The first-order valence-corrected chi connectivity index (χ1v) is 10.8. The van der Waals surface area contributed by atoms with Crippen LogP contribution in [-0.4, -0.2) is 56.9 Å². The van der Waals surface area contributed by atoms with Gasteiger partial charge in [0.15, 0.2) is 0 Å². The molecule has 1 atom stereocenters. The first kappa shape index (κ1) is 21.3. The molecule has 0 radical (unpaired) electrons. The van der Waals surface area contributed by atoms with Crippen LogP contribution in [0.25, 0.3) is 0 Å². The predicted octanol–water partition coefficient (Wildman–Crippen LogP) is 2.43. The van der Waals surface area contributed by atoms with Crippen LogP contribution in [0.4, 0.5) is 0 Å². The van der Waals surface area contributed by atoms with Crippen molar-refractivity contribution >= 4 is 27.6 Å². The smallest absolute Gasteiger partial charge is 0.327 e. The summed E-state index contributed by atoms with van der Waals surface area (Å²) in [6.07, 6.45) is 0. The zero-order chi connectivity index (χ0) is 21.0. The largest absolute Gasteiger partial charge is 0.468 e. The summed E-state index contributed by atoms with van der Waals surface area (Å²) in [5, 5.41) is 9.58. The predicted molar refractivity (Wildman–Crippen MR) is 108 cm³/mol. The van der Waals surface area contributed by atoms with Crippen LogP contribution in [-0.2, 0) is 19.6 Å². The molecule has 0 aromatic heterocycles. The van der Waals surface area contributed by atoms with Gasteiger partial charge in [-0.05, 0) is 35.9 Å². The Hall–Kier alpha value is -2.44. The van der Waals surface area contributed by atoms with Gasteiger partial charge in [-0.3, -0.25) is 4.90 Å². The molecule has 1 unspecified atom stereocenters. The minimum atomic E-state index is -3.72. The molecule has 0 saturated carbocycles. The third kappa shape index (κ3) is 4.60. The number of methoxy groups -OCH3 is 1. The molecule has 1 fully saturated rings. The van der Waals surface area contributed by atoms with Crippen LogP contribution in [0, 0.1) is 11.3 Å². The van der Waals surface area contributed by atoms with Crippen molar-refractivity contribution in [3.05, 3.63) is 64.7 Å². The Morgan fingerprint density at radius 1 is 1.14 bits per heavy atom. The Kier molecular flexibility index (Phi) is 6.55. The summed E-state index contributed by atoms with van der Waals surface area (Å²) < 4.78 is 32.2. The first-order valence-electron chi connectivity index (χ1n) is 8.94. The van der Waals surface area contributed by atoms with Gasteiger partial charge in [0.1, 0.15) is 6.04 Å². The molecule has 0 spiro atoms. The number of piperazine rings is 1. The van der Waals surface area contributed by atoms with E-state index < -0.39 is 22.0 Å². The van der Waals surface area contributed by atoms with Crippen LogP contribution in [0.5, 0.6) is 0 Å². The van der Waals surface area contributed by atoms with Crippen molar-refractivity contribution in [1.82, 2.24) is 9.21 Å². The zero-order valence-electron chi connectivity index (χ0n) is 15.8. The molecule has 0 amide bonds. The number of nitrogens with zero attached hydrogens (tertiary/aromatic N) is 3. The van der Waals surface area contributed by atoms with Crippen molar-refractivity contribution in [2.75, 3.05) is 33.3 Å².